The fourth-order valence-corrected chi connectivity index (χ4v) is 9.25. The highest BCUT2D eigenvalue weighted by molar-refractivity contribution is 5.14. The molecule has 2 heteroatoms. The first-order valence-corrected chi connectivity index (χ1v) is 13.0. The lowest BCUT2D eigenvalue weighted by atomic mass is 9.43. The van der Waals surface area contributed by atoms with Gasteiger partial charge in [0.1, 0.15) is 0 Å². The van der Waals surface area contributed by atoms with Crippen LogP contribution in [0.2, 0.25) is 0 Å². The maximum atomic E-state index is 11.6. The Morgan fingerprint density at radius 3 is 2.34 bits per heavy atom. The number of aliphatic hydroxyl groups is 2. The second-order valence-corrected chi connectivity index (χ2v) is 12.8. The van der Waals surface area contributed by atoms with E-state index in [0.29, 0.717) is 17.8 Å². The molecule has 0 aromatic carbocycles. The highest BCUT2D eigenvalue weighted by atomic mass is 16.3. The first-order valence-electron chi connectivity index (χ1n) is 13.0. The summed E-state index contributed by atoms with van der Waals surface area (Å²) in [7, 11) is 0. The van der Waals surface area contributed by atoms with Crippen LogP contribution in [0.25, 0.3) is 0 Å². The Morgan fingerprint density at radius 2 is 1.62 bits per heavy atom. The van der Waals surface area contributed by atoms with Gasteiger partial charge >= 0.3 is 0 Å². The molecule has 4 saturated carbocycles. The maximum absolute atomic E-state index is 11.6. The Hall–Kier alpha value is -0.0800. The van der Waals surface area contributed by atoms with E-state index in [1.807, 2.05) is 0 Å². The van der Waals surface area contributed by atoms with E-state index >= 15 is 0 Å². The van der Waals surface area contributed by atoms with Crippen LogP contribution in [0.3, 0.4) is 0 Å². The lowest BCUT2D eigenvalue weighted by Gasteiger charge is -2.64. The molecule has 0 amide bonds. The first-order chi connectivity index (χ1) is 13.6. The molecule has 0 unspecified atom stereocenters. The predicted molar refractivity (Wildman–Crippen MR) is 121 cm³/mol. The molecule has 0 heterocycles. The fraction of sp³-hybridized carbons (Fsp3) is 1.00. The summed E-state index contributed by atoms with van der Waals surface area (Å²) < 4.78 is 0. The summed E-state index contributed by atoms with van der Waals surface area (Å²) in [4.78, 5) is 0. The van der Waals surface area contributed by atoms with E-state index in [9.17, 15) is 10.2 Å². The third kappa shape index (κ3) is 3.53. The molecular formula is C27H48O2. The Bertz CT molecular complexity index is 587. The van der Waals surface area contributed by atoms with E-state index in [0.717, 1.165) is 48.9 Å². The molecule has 9 atom stereocenters. The van der Waals surface area contributed by atoms with Crippen molar-refractivity contribution in [3.05, 3.63) is 0 Å². The van der Waals surface area contributed by atoms with Crippen molar-refractivity contribution in [2.24, 2.45) is 46.3 Å². The van der Waals surface area contributed by atoms with Gasteiger partial charge in [-0.15, -0.1) is 0 Å². The minimum absolute atomic E-state index is 0.0252. The van der Waals surface area contributed by atoms with E-state index in [4.69, 9.17) is 0 Å². The molecular weight excluding hydrogens is 356 g/mol. The van der Waals surface area contributed by atoms with Crippen molar-refractivity contribution < 1.29 is 10.2 Å². The molecule has 0 aromatic rings. The predicted octanol–water partition coefficient (Wildman–Crippen LogP) is 6.58. The van der Waals surface area contributed by atoms with Crippen LogP contribution in [-0.4, -0.2) is 21.9 Å². The highest BCUT2D eigenvalue weighted by Gasteiger charge is 2.64. The van der Waals surface area contributed by atoms with E-state index in [2.05, 4.69) is 34.6 Å². The van der Waals surface area contributed by atoms with Crippen LogP contribution in [0.5, 0.6) is 0 Å². The second-order valence-electron chi connectivity index (χ2n) is 12.8. The smallest absolute Gasteiger partial charge is 0.0728 e. The van der Waals surface area contributed by atoms with Crippen molar-refractivity contribution >= 4 is 0 Å². The molecule has 4 aliphatic carbocycles. The maximum Gasteiger partial charge on any atom is 0.0728 e. The van der Waals surface area contributed by atoms with Crippen LogP contribution in [0.4, 0.5) is 0 Å². The topological polar surface area (TPSA) is 40.5 Å². The van der Waals surface area contributed by atoms with Crippen molar-refractivity contribution in [2.75, 3.05) is 0 Å². The molecule has 4 fully saturated rings. The first kappa shape index (κ1) is 22.1. The summed E-state index contributed by atoms with van der Waals surface area (Å²) in [5, 5.41) is 21.8. The Labute approximate surface area is 180 Å². The summed E-state index contributed by atoms with van der Waals surface area (Å²) in [5.74, 6) is 4.94. The molecule has 2 nitrogen and oxygen atoms in total. The quantitative estimate of drug-likeness (QED) is 0.543. The van der Waals surface area contributed by atoms with Crippen LogP contribution in [-0.2, 0) is 0 Å². The monoisotopic (exact) mass is 404 g/mol. The molecule has 0 spiro atoms. The number of aliphatic hydroxyl groups excluding tert-OH is 1. The van der Waals surface area contributed by atoms with Gasteiger partial charge in [0.05, 0.1) is 11.7 Å². The lowest BCUT2D eigenvalue weighted by molar-refractivity contribution is -0.220. The molecule has 0 radical (unpaired) electrons. The molecule has 4 rings (SSSR count). The lowest BCUT2D eigenvalue weighted by Crippen LogP contribution is -2.62. The standard InChI is InChI=1S/C27H48O2/c1-18(2)7-6-8-19(3)22-9-10-23-21-12-16-27(29)17-20(28)11-15-26(27,5)24(21)13-14-25(22,23)4/h18-24,28-29H,6-17H2,1-5H3/t19-,20+,21-,22-,23+,24+,25-,26+,27+/m0/s1. The summed E-state index contributed by atoms with van der Waals surface area (Å²) in [6, 6.07) is 0. The summed E-state index contributed by atoms with van der Waals surface area (Å²) in [6.45, 7) is 12.3. The highest BCUT2D eigenvalue weighted by Crippen LogP contribution is 2.69. The minimum atomic E-state index is -0.623. The van der Waals surface area contributed by atoms with Gasteiger partial charge in [-0.1, -0.05) is 53.9 Å². The molecule has 0 aromatic heterocycles. The van der Waals surface area contributed by atoms with Crippen LogP contribution >= 0.6 is 0 Å². The molecule has 29 heavy (non-hydrogen) atoms. The van der Waals surface area contributed by atoms with Gasteiger partial charge in [0.15, 0.2) is 0 Å². The molecule has 2 N–H and O–H groups in total. The number of hydrogen-bond donors (Lipinski definition) is 2. The summed E-state index contributed by atoms with van der Waals surface area (Å²) in [5.41, 5.74) is -0.0719. The number of hydrogen-bond acceptors (Lipinski definition) is 2. The van der Waals surface area contributed by atoms with E-state index in [-0.39, 0.29) is 11.5 Å². The van der Waals surface area contributed by atoms with Gasteiger partial charge in [-0.25, -0.2) is 0 Å². The molecule has 4 aliphatic rings. The van der Waals surface area contributed by atoms with E-state index in [1.54, 1.807) is 0 Å². The van der Waals surface area contributed by atoms with Crippen LogP contribution < -0.4 is 0 Å². The largest absolute Gasteiger partial charge is 0.393 e. The van der Waals surface area contributed by atoms with E-state index < -0.39 is 5.60 Å². The average molecular weight is 405 g/mol. The SMILES string of the molecule is CC(C)CCC[C@H](C)[C@@H]1CC[C@@H]2[C@@H]3CC[C@@]4(O)C[C@H](O)CC[C@]4(C)[C@@H]3CC[C@]21C. The van der Waals surface area contributed by atoms with Crippen molar-refractivity contribution in [3.63, 3.8) is 0 Å². The van der Waals surface area contributed by atoms with Gasteiger partial charge < -0.3 is 10.2 Å². The third-order valence-electron chi connectivity index (χ3n) is 11.0. The van der Waals surface area contributed by atoms with Crippen LogP contribution in [0, 0.1) is 46.3 Å². The molecule has 0 saturated heterocycles. The Morgan fingerprint density at radius 1 is 0.862 bits per heavy atom. The van der Waals surface area contributed by atoms with Crippen LogP contribution in [0.1, 0.15) is 112 Å². The van der Waals surface area contributed by atoms with Gasteiger partial charge in [0.2, 0.25) is 0 Å². The van der Waals surface area contributed by atoms with Crippen molar-refractivity contribution in [2.45, 2.75) is 123 Å². The zero-order valence-electron chi connectivity index (χ0n) is 19.9. The van der Waals surface area contributed by atoms with Gasteiger partial charge in [0, 0.05) is 6.42 Å². The van der Waals surface area contributed by atoms with Crippen molar-refractivity contribution in [3.8, 4) is 0 Å². The zero-order valence-corrected chi connectivity index (χ0v) is 19.9. The molecule has 168 valence electrons. The summed E-state index contributed by atoms with van der Waals surface area (Å²) >= 11 is 0. The fourth-order valence-electron chi connectivity index (χ4n) is 9.25. The molecule has 0 bridgehead atoms. The number of fused-ring (bicyclic) bond motifs is 5. The average Bonchev–Trinajstić information content (AvgIpc) is 2.99. The Kier molecular flexibility index (Phi) is 5.95. The van der Waals surface area contributed by atoms with E-state index in [1.165, 1.54) is 51.4 Å². The zero-order chi connectivity index (χ0) is 21.0. The van der Waals surface area contributed by atoms with Gasteiger partial charge in [-0.05, 0) is 97.7 Å². The van der Waals surface area contributed by atoms with Gasteiger partial charge in [-0.2, -0.15) is 0 Å². The Balaban J connectivity index is 1.49. The van der Waals surface area contributed by atoms with Crippen LogP contribution in [0.15, 0.2) is 0 Å². The second kappa shape index (κ2) is 7.80. The van der Waals surface area contributed by atoms with Gasteiger partial charge in [-0.3, -0.25) is 0 Å². The van der Waals surface area contributed by atoms with Crippen molar-refractivity contribution in [1.82, 2.24) is 0 Å². The minimum Gasteiger partial charge on any atom is -0.393 e. The van der Waals surface area contributed by atoms with Gasteiger partial charge in [0.25, 0.3) is 0 Å². The normalized spacial score (nSPS) is 50.7. The summed E-state index contributed by atoms with van der Waals surface area (Å²) in [6.07, 6.45) is 14.1. The number of rotatable bonds is 5. The third-order valence-corrected chi connectivity index (χ3v) is 11.0. The molecule has 0 aliphatic heterocycles. The van der Waals surface area contributed by atoms with Crippen molar-refractivity contribution in [1.29, 1.82) is 0 Å².